The molecule has 0 aromatic heterocycles. The number of carbonyl (C=O) groups excluding carboxylic acids is 2. The van der Waals surface area contributed by atoms with Gasteiger partial charge < -0.3 is 21.7 Å². The normalized spacial score (nSPS) is 37.1. The van der Waals surface area contributed by atoms with Gasteiger partial charge in [-0.25, -0.2) is 8.97 Å². The third kappa shape index (κ3) is 5.76. The van der Waals surface area contributed by atoms with Crippen molar-refractivity contribution in [3.05, 3.63) is 11.9 Å². The summed E-state index contributed by atoms with van der Waals surface area (Å²) in [6.07, 6.45) is 11.7. The van der Waals surface area contributed by atoms with Crippen LogP contribution in [0.5, 0.6) is 0 Å². The largest absolute Gasteiger partial charge is 0.345 e. The van der Waals surface area contributed by atoms with E-state index in [1.807, 2.05) is 11.9 Å². The highest BCUT2D eigenvalue weighted by Gasteiger charge is 2.65. The van der Waals surface area contributed by atoms with E-state index in [-0.39, 0.29) is 46.0 Å². The van der Waals surface area contributed by atoms with E-state index < -0.39 is 18.1 Å². The summed E-state index contributed by atoms with van der Waals surface area (Å²) in [6.45, 7) is 10.3. The Hall–Kier alpha value is -2.17. The fourth-order valence-corrected chi connectivity index (χ4v) is 8.73. The first-order chi connectivity index (χ1) is 19.5. The Bertz CT molecular complexity index is 1110. The molecule has 2 amide bonds. The van der Waals surface area contributed by atoms with Crippen molar-refractivity contribution in [2.75, 3.05) is 39.8 Å². The molecule has 4 aliphatic heterocycles. The smallest absolute Gasteiger partial charge is 0.228 e. The number of aliphatic imine (C=N–C) groups is 1. The number of hydrogen-bond donors (Lipinski definition) is 3. The van der Waals surface area contributed by atoms with Crippen molar-refractivity contribution in [3.63, 3.8) is 0 Å². The summed E-state index contributed by atoms with van der Waals surface area (Å²) in [7, 11) is 2.04. The zero-order valence-corrected chi connectivity index (χ0v) is 25.4. The van der Waals surface area contributed by atoms with Crippen LogP contribution in [0, 0.1) is 22.2 Å². The van der Waals surface area contributed by atoms with Gasteiger partial charge in [0.2, 0.25) is 11.8 Å². The van der Waals surface area contributed by atoms with Gasteiger partial charge in [-0.3, -0.25) is 19.5 Å². The predicted molar refractivity (Wildman–Crippen MR) is 159 cm³/mol. The summed E-state index contributed by atoms with van der Waals surface area (Å²) in [6, 6.07) is -0.391. The van der Waals surface area contributed by atoms with Gasteiger partial charge in [0.25, 0.3) is 0 Å². The van der Waals surface area contributed by atoms with Crippen molar-refractivity contribution in [2.45, 2.75) is 96.4 Å². The quantitative estimate of drug-likeness (QED) is 0.319. The van der Waals surface area contributed by atoms with Crippen molar-refractivity contribution >= 4 is 24.2 Å². The van der Waals surface area contributed by atoms with E-state index >= 15 is 0 Å². The molecule has 3 fully saturated rings. The van der Waals surface area contributed by atoms with Gasteiger partial charge >= 0.3 is 0 Å². The number of rotatable bonds is 7. The molecule has 2 saturated heterocycles. The highest BCUT2D eigenvalue weighted by Crippen LogP contribution is 2.72. The number of likely N-dealkylation sites (N-methyl/N-ethyl adjacent to an activating group) is 1. The number of nitrogens with zero attached hydrogens (tertiary/aromatic N) is 4. The number of hydrogen-bond acceptors (Lipinski definition) is 6. The molecule has 0 aromatic rings. The minimum Gasteiger partial charge on any atom is -0.345 e. The molecule has 5 unspecified atom stereocenters. The lowest BCUT2D eigenvalue weighted by atomic mass is 9.77. The molecule has 4 heterocycles. The lowest BCUT2D eigenvalue weighted by Gasteiger charge is -2.45. The predicted octanol–water partition coefficient (Wildman–Crippen LogP) is 2.04. The van der Waals surface area contributed by atoms with Gasteiger partial charge in [-0.05, 0) is 80.4 Å². The maximum absolute atomic E-state index is 14.8. The zero-order chi connectivity index (χ0) is 29.6. The molecule has 0 bridgehead atoms. The molecule has 10 heteroatoms. The Kier molecular flexibility index (Phi) is 8.49. The van der Waals surface area contributed by atoms with Crippen LogP contribution >= 0.6 is 0 Å². The van der Waals surface area contributed by atoms with Crippen LogP contribution in [0.25, 0.3) is 0 Å². The fraction of sp³-hybridized carbons (Fsp3) is 0.806. The number of carbonyl (C=O) groups is 2. The Balaban J connectivity index is 1.29. The van der Waals surface area contributed by atoms with E-state index in [4.69, 9.17) is 11.5 Å². The first-order valence-electron chi connectivity index (χ1n) is 15.7. The SMILES string of the molecule is CCC12CC(C(C(=O)NC3C[N+](C)=CCC3N3CCC4(CCN(C(C)=O)C4)CC3)C(N)N)N=C/C(F)=C\[C@@]1(CC)C2. The topological polar surface area (TPSA) is 120 Å². The molecule has 228 valence electrons. The molecular weight excluding hydrogens is 521 g/mol. The maximum Gasteiger partial charge on any atom is 0.228 e. The fourth-order valence-electron chi connectivity index (χ4n) is 8.73. The highest BCUT2D eigenvalue weighted by molar-refractivity contribution is 5.82. The van der Waals surface area contributed by atoms with Gasteiger partial charge in [0, 0.05) is 32.5 Å². The Morgan fingerprint density at radius 1 is 1.20 bits per heavy atom. The number of nitrogens with two attached hydrogens (primary N) is 2. The number of nitrogens with one attached hydrogen (secondary N) is 1. The van der Waals surface area contributed by atoms with E-state index in [1.165, 1.54) is 6.21 Å². The monoisotopic (exact) mass is 572 g/mol. The Labute approximate surface area is 244 Å². The van der Waals surface area contributed by atoms with Crippen molar-refractivity contribution in [2.24, 2.45) is 38.6 Å². The Morgan fingerprint density at radius 2 is 1.90 bits per heavy atom. The van der Waals surface area contributed by atoms with Gasteiger partial charge in [0.05, 0.1) is 24.3 Å². The van der Waals surface area contributed by atoms with Crippen LogP contribution in [0.15, 0.2) is 16.9 Å². The van der Waals surface area contributed by atoms with Gasteiger partial charge in [0.1, 0.15) is 25.1 Å². The molecule has 0 radical (unpaired) electrons. The minimum atomic E-state index is -0.903. The second-order valence-corrected chi connectivity index (χ2v) is 13.8. The average Bonchev–Trinajstić information content (AvgIpc) is 3.32. The molecule has 1 saturated carbocycles. The first-order valence-corrected chi connectivity index (χ1v) is 15.7. The maximum atomic E-state index is 14.8. The van der Waals surface area contributed by atoms with Gasteiger partial charge in [-0.2, -0.15) is 0 Å². The number of fused-ring (bicyclic) bond motifs is 1. The van der Waals surface area contributed by atoms with Crippen LogP contribution in [-0.4, -0.2) is 103 Å². The number of halogens is 1. The molecule has 1 aliphatic carbocycles. The van der Waals surface area contributed by atoms with E-state index in [9.17, 15) is 14.0 Å². The summed E-state index contributed by atoms with van der Waals surface area (Å²) in [5.74, 6) is -1.09. The van der Waals surface area contributed by atoms with Gasteiger partial charge in [0.15, 0.2) is 6.54 Å². The molecule has 5 aliphatic rings. The molecule has 1 spiro atoms. The first kappa shape index (κ1) is 30.3. The Morgan fingerprint density at radius 3 is 2.51 bits per heavy atom. The number of allylic oxidation sites excluding steroid dienone is 2. The highest BCUT2D eigenvalue weighted by atomic mass is 19.1. The van der Waals surface area contributed by atoms with E-state index in [0.29, 0.717) is 13.0 Å². The van der Waals surface area contributed by atoms with Crippen LogP contribution in [0.1, 0.15) is 72.1 Å². The number of likely N-dealkylation sites (tertiary alicyclic amines) is 2. The van der Waals surface area contributed by atoms with Crippen molar-refractivity contribution in [1.82, 2.24) is 15.1 Å². The molecule has 5 N–H and O–H groups in total. The van der Waals surface area contributed by atoms with Crippen molar-refractivity contribution in [1.29, 1.82) is 0 Å². The van der Waals surface area contributed by atoms with E-state index in [2.05, 4.69) is 39.8 Å². The summed E-state index contributed by atoms with van der Waals surface area (Å²) in [5.41, 5.74) is 12.5. The zero-order valence-electron chi connectivity index (χ0n) is 25.4. The molecular formula is C31H51FN7O2+. The number of piperidine rings is 1. The minimum absolute atomic E-state index is 0.0839. The van der Waals surface area contributed by atoms with Crippen LogP contribution in [0.4, 0.5) is 4.39 Å². The van der Waals surface area contributed by atoms with Crippen LogP contribution in [-0.2, 0) is 9.59 Å². The van der Waals surface area contributed by atoms with Crippen molar-refractivity contribution < 1.29 is 18.6 Å². The third-order valence-corrected chi connectivity index (χ3v) is 11.6. The lowest BCUT2D eigenvalue weighted by molar-refractivity contribution is -0.502. The standard InChI is InChI=1S/C31H50FN7O2/c1-5-30-15-22(32)17-35-23(16-31(30,6-2)19-30)26(27(33)34)28(41)36-24-18-37(4)11-7-25(24)38-12-8-29(9-13-38)10-14-39(20-29)21(3)40/h11,15,17,23-27H,5-10,12-14,16,18-20,33-34H2,1-4H3/p+1/b22-15+,35-17?/t23?,24?,25?,26?,30-,31?/m0/s1. The summed E-state index contributed by atoms with van der Waals surface area (Å²) in [5, 5.41) is 3.35. The summed E-state index contributed by atoms with van der Waals surface area (Å²) < 4.78 is 17.0. The average molecular weight is 573 g/mol. The molecule has 9 nitrogen and oxygen atoms in total. The van der Waals surface area contributed by atoms with E-state index in [0.717, 1.165) is 71.1 Å². The molecule has 6 atom stereocenters. The second-order valence-electron chi connectivity index (χ2n) is 13.8. The summed E-state index contributed by atoms with van der Waals surface area (Å²) in [4.78, 5) is 35.0. The number of amides is 2. The third-order valence-electron chi connectivity index (χ3n) is 11.6. The van der Waals surface area contributed by atoms with Gasteiger partial charge in [-0.1, -0.05) is 13.8 Å². The second kappa shape index (κ2) is 11.5. The molecule has 41 heavy (non-hydrogen) atoms. The van der Waals surface area contributed by atoms with Crippen molar-refractivity contribution in [3.8, 4) is 0 Å². The lowest BCUT2D eigenvalue weighted by Crippen LogP contribution is -2.62. The molecule has 5 rings (SSSR count). The van der Waals surface area contributed by atoms with Crippen LogP contribution in [0.2, 0.25) is 0 Å². The van der Waals surface area contributed by atoms with E-state index in [1.54, 1.807) is 13.0 Å². The van der Waals surface area contributed by atoms with Crippen LogP contribution < -0.4 is 16.8 Å². The van der Waals surface area contributed by atoms with Crippen LogP contribution in [0.3, 0.4) is 0 Å². The summed E-state index contributed by atoms with van der Waals surface area (Å²) >= 11 is 0. The van der Waals surface area contributed by atoms with Gasteiger partial charge in [-0.15, -0.1) is 0 Å². The molecule has 0 aromatic carbocycles.